The fraction of sp³-hybridized carbons (Fsp3) is 0.350. The van der Waals surface area contributed by atoms with Gasteiger partial charge in [0.1, 0.15) is 12.1 Å². The van der Waals surface area contributed by atoms with Crippen molar-refractivity contribution in [3.63, 3.8) is 0 Å². The van der Waals surface area contributed by atoms with Gasteiger partial charge in [-0.3, -0.25) is 0 Å². The second-order valence-electron chi connectivity index (χ2n) is 7.15. The summed E-state index contributed by atoms with van der Waals surface area (Å²) in [7, 11) is 0. The number of halogens is 2. The molecule has 2 bridgehead atoms. The number of aliphatic hydroxyl groups is 1. The average Bonchev–Trinajstić information content (AvgIpc) is 3.31. The van der Waals surface area contributed by atoms with E-state index in [0.29, 0.717) is 23.2 Å². The highest BCUT2D eigenvalue weighted by Crippen LogP contribution is 2.37. The molecule has 3 heterocycles. The summed E-state index contributed by atoms with van der Waals surface area (Å²) in [4.78, 5) is 4.44. The molecule has 2 saturated heterocycles. The Kier molecular flexibility index (Phi) is 4.79. The number of nitrogens with one attached hydrogen (secondary N) is 1. The predicted octanol–water partition coefficient (Wildman–Crippen LogP) is 3.16. The lowest BCUT2D eigenvalue weighted by atomic mass is 9.95. The van der Waals surface area contributed by atoms with Crippen LogP contribution >= 0.6 is 23.2 Å². The van der Waals surface area contributed by atoms with Gasteiger partial charge in [-0.05, 0) is 29.8 Å². The molecule has 0 saturated carbocycles. The van der Waals surface area contributed by atoms with Gasteiger partial charge in [0.15, 0.2) is 6.29 Å². The fourth-order valence-electron chi connectivity index (χ4n) is 4.05. The summed E-state index contributed by atoms with van der Waals surface area (Å²) in [5.41, 5.74) is 2.79. The molecule has 0 aliphatic carbocycles. The number of aromatic nitrogens is 2. The maximum absolute atomic E-state index is 11.2. The van der Waals surface area contributed by atoms with Gasteiger partial charge in [-0.1, -0.05) is 41.4 Å². The maximum atomic E-state index is 11.2. The van der Waals surface area contributed by atoms with Crippen LogP contribution < -0.4 is 5.32 Å². The number of nitrogens with zero attached hydrogens (tertiary/aromatic N) is 2. The van der Waals surface area contributed by atoms with Gasteiger partial charge in [0.05, 0.1) is 46.2 Å². The molecule has 5 rings (SSSR count). The van der Waals surface area contributed by atoms with Crippen molar-refractivity contribution in [1.82, 2.24) is 14.9 Å². The molecule has 0 spiro atoms. The van der Waals surface area contributed by atoms with Gasteiger partial charge < -0.3 is 24.5 Å². The number of fused-ring (bicyclic) bond motifs is 3. The van der Waals surface area contributed by atoms with Crippen LogP contribution in [0.1, 0.15) is 11.6 Å². The first-order valence-electron chi connectivity index (χ1n) is 9.16. The summed E-state index contributed by atoms with van der Waals surface area (Å²) in [6, 6.07) is 12.6. The van der Waals surface area contributed by atoms with Crippen LogP contribution in [0.25, 0.3) is 11.0 Å². The van der Waals surface area contributed by atoms with Gasteiger partial charge in [-0.2, -0.15) is 0 Å². The quantitative estimate of drug-likeness (QED) is 0.679. The molecule has 28 heavy (non-hydrogen) atoms. The van der Waals surface area contributed by atoms with Crippen LogP contribution in [0.2, 0.25) is 10.0 Å². The Labute approximate surface area is 172 Å². The zero-order valence-electron chi connectivity index (χ0n) is 14.8. The smallest absolute Gasteiger partial charge is 0.181 e. The normalized spacial score (nSPS) is 29.5. The van der Waals surface area contributed by atoms with Crippen LogP contribution in [0.5, 0.6) is 0 Å². The lowest BCUT2D eigenvalue weighted by Gasteiger charge is -2.39. The number of benzene rings is 2. The Morgan fingerprint density at radius 3 is 2.89 bits per heavy atom. The third-order valence-electron chi connectivity index (χ3n) is 5.46. The van der Waals surface area contributed by atoms with Crippen LogP contribution in [0.4, 0.5) is 0 Å². The van der Waals surface area contributed by atoms with Crippen LogP contribution in [0, 0.1) is 0 Å². The van der Waals surface area contributed by atoms with E-state index in [9.17, 15) is 5.11 Å². The number of rotatable bonds is 4. The van der Waals surface area contributed by atoms with E-state index in [1.165, 1.54) is 0 Å². The number of ether oxygens (including phenoxy) is 2. The molecular formula is C20H19Cl2N3O3. The summed E-state index contributed by atoms with van der Waals surface area (Å²) in [6.45, 7) is 0.963. The molecule has 2 aliphatic rings. The third-order valence-corrected chi connectivity index (χ3v) is 6.20. The van der Waals surface area contributed by atoms with Crippen molar-refractivity contribution in [3.8, 4) is 0 Å². The standard InChI is InChI=1S/C20H19Cl2N3O3/c21-12-6-5-11(7-13(12)22)8-23-17-16-9-27-20(28-16)18(19(17)26)25-10-24-14-3-1-2-4-15(14)25/h1-7,10,16-20,23,26H,8-9H2. The molecule has 8 heteroatoms. The molecule has 2 aliphatic heterocycles. The number of hydrogen-bond donors (Lipinski definition) is 2. The molecule has 1 aromatic heterocycles. The molecule has 0 radical (unpaired) electrons. The summed E-state index contributed by atoms with van der Waals surface area (Å²) < 4.78 is 13.8. The third kappa shape index (κ3) is 3.10. The minimum atomic E-state index is -0.702. The van der Waals surface area contributed by atoms with Crippen LogP contribution in [-0.2, 0) is 16.0 Å². The van der Waals surface area contributed by atoms with Crippen LogP contribution in [0.15, 0.2) is 48.8 Å². The summed E-state index contributed by atoms with van der Waals surface area (Å²) in [6.07, 6.45) is 0.320. The Morgan fingerprint density at radius 1 is 1.18 bits per heavy atom. The fourth-order valence-corrected chi connectivity index (χ4v) is 4.37. The van der Waals surface area contributed by atoms with E-state index in [1.54, 1.807) is 12.4 Å². The lowest BCUT2D eigenvalue weighted by molar-refractivity contribution is -0.164. The van der Waals surface area contributed by atoms with Crippen LogP contribution in [-0.4, -0.2) is 45.8 Å². The molecule has 146 valence electrons. The van der Waals surface area contributed by atoms with Crippen LogP contribution in [0.3, 0.4) is 0 Å². The molecule has 0 amide bonds. The largest absolute Gasteiger partial charge is 0.389 e. The minimum Gasteiger partial charge on any atom is -0.389 e. The van der Waals surface area contributed by atoms with Gasteiger partial charge in [0, 0.05) is 6.54 Å². The monoisotopic (exact) mass is 419 g/mol. The van der Waals surface area contributed by atoms with Gasteiger partial charge in [-0.15, -0.1) is 0 Å². The number of hydrogen-bond acceptors (Lipinski definition) is 5. The number of imidazole rings is 1. The molecule has 6 nitrogen and oxygen atoms in total. The summed E-state index contributed by atoms with van der Waals surface area (Å²) in [5, 5.41) is 15.6. The minimum absolute atomic E-state index is 0.214. The topological polar surface area (TPSA) is 68.5 Å². The first-order valence-corrected chi connectivity index (χ1v) is 9.91. The molecule has 2 fully saturated rings. The second-order valence-corrected chi connectivity index (χ2v) is 7.97. The molecule has 5 unspecified atom stereocenters. The second kappa shape index (κ2) is 7.30. The highest BCUT2D eigenvalue weighted by Gasteiger charge is 2.51. The first kappa shape index (κ1) is 18.4. The molecular weight excluding hydrogens is 401 g/mol. The van der Waals surface area contributed by atoms with E-state index in [4.69, 9.17) is 32.7 Å². The SMILES string of the molecule is OC1C(NCc2ccc(Cl)c(Cl)c2)C2COC(O2)C1n1cnc2ccccc21. The van der Waals surface area contributed by atoms with Crippen molar-refractivity contribution in [3.05, 3.63) is 64.4 Å². The van der Waals surface area contributed by atoms with E-state index < -0.39 is 18.4 Å². The van der Waals surface area contributed by atoms with Crippen molar-refractivity contribution in [2.75, 3.05) is 6.61 Å². The van der Waals surface area contributed by atoms with E-state index in [2.05, 4.69) is 10.3 Å². The van der Waals surface area contributed by atoms with Crippen molar-refractivity contribution in [2.45, 2.75) is 37.1 Å². The molecule has 3 aromatic rings. The first-order chi connectivity index (χ1) is 13.6. The van der Waals surface area contributed by atoms with E-state index in [1.807, 2.05) is 41.0 Å². The zero-order valence-corrected chi connectivity index (χ0v) is 16.3. The van der Waals surface area contributed by atoms with E-state index >= 15 is 0 Å². The highest BCUT2D eigenvalue weighted by atomic mass is 35.5. The maximum Gasteiger partial charge on any atom is 0.181 e. The van der Waals surface area contributed by atoms with Gasteiger partial charge >= 0.3 is 0 Å². The Hall–Kier alpha value is -1.67. The van der Waals surface area contributed by atoms with Crippen molar-refractivity contribution < 1.29 is 14.6 Å². The van der Waals surface area contributed by atoms with Gasteiger partial charge in [0.2, 0.25) is 0 Å². The summed E-state index contributed by atoms with van der Waals surface area (Å²) >= 11 is 12.1. The van der Waals surface area contributed by atoms with Gasteiger partial charge in [0.25, 0.3) is 0 Å². The average molecular weight is 420 g/mol. The van der Waals surface area contributed by atoms with Gasteiger partial charge in [-0.25, -0.2) is 4.98 Å². The molecule has 2 aromatic carbocycles. The van der Waals surface area contributed by atoms with E-state index in [0.717, 1.165) is 16.6 Å². The highest BCUT2D eigenvalue weighted by molar-refractivity contribution is 6.42. The number of aliphatic hydroxyl groups excluding tert-OH is 1. The van der Waals surface area contributed by atoms with Crippen molar-refractivity contribution in [1.29, 1.82) is 0 Å². The Balaban J connectivity index is 1.41. The molecule has 5 atom stereocenters. The van der Waals surface area contributed by atoms with Crippen molar-refractivity contribution in [2.24, 2.45) is 0 Å². The Morgan fingerprint density at radius 2 is 2.04 bits per heavy atom. The summed E-state index contributed by atoms with van der Waals surface area (Å²) in [5.74, 6) is 0. The zero-order chi connectivity index (χ0) is 19.3. The Bertz CT molecular complexity index is 1010. The lowest BCUT2D eigenvalue weighted by Crippen LogP contribution is -2.57. The van der Waals surface area contributed by atoms with Crippen molar-refractivity contribution >= 4 is 34.2 Å². The van der Waals surface area contributed by atoms with E-state index in [-0.39, 0.29) is 12.1 Å². The molecule has 2 N–H and O–H groups in total. The number of para-hydroxylation sites is 2. The predicted molar refractivity (Wildman–Crippen MR) is 106 cm³/mol.